The summed E-state index contributed by atoms with van der Waals surface area (Å²) < 4.78 is 0. The fourth-order valence-corrected chi connectivity index (χ4v) is 4.14. The number of benzene rings is 3. The molecule has 30 heavy (non-hydrogen) atoms. The van der Waals surface area contributed by atoms with E-state index in [9.17, 15) is 9.90 Å². The van der Waals surface area contributed by atoms with E-state index in [-0.39, 0.29) is 11.7 Å². The molecule has 1 N–H and O–H groups in total. The smallest absolute Gasteiger partial charge is 0.290 e. The van der Waals surface area contributed by atoms with Crippen LogP contribution in [0.3, 0.4) is 0 Å². The lowest BCUT2D eigenvalue weighted by Gasteiger charge is -2.28. The minimum Gasteiger partial charge on any atom is -0.503 e. The first-order valence-corrected chi connectivity index (χ1v) is 10.5. The number of carbonyl (C=O) groups is 1. The summed E-state index contributed by atoms with van der Waals surface area (Å²) in [6, 6.07) is 25.0. The van der Waals surface area contributed by atoms with Gasteiger partial charge >= 0.3 is 0 Å². The van der Waals surface area contributed by atoms with Gasteiger partial charge in [0.1, 0.15) is 0 Å². The van der Waals surface area contributed by atoms with Crippen molar-refractivity contribution in [1.82, 2.24) is 4.90 Å². The van der Waals surface area contributed by atoms with Crippen molar-refractivity contribution in [2.45, 2.75) is 32.4 Å². The number of aliphatic hydroxyl groups excluding tert-OH is 1. The van der Waals surface area contributed by atoms with Crippen molar-refractivity contribution in [3.8, 4) is 0 Å². The van der Waals surface area contributed by atoms with Crippen LogP contribution in [-0.4, -0.2) is 15.9 Å². The molecule has 0 bridgehead atoms. The third-order valence-corrected chi connectivity index (χ3v) is 5.97. The first-order valence-electron chi connectivity index (χ1n) is 10.1. The van der Waals surface area contributed by atoms with Gasteiger partial charge in [-0.3, -0.25) is 4.79 Å². The number of halogens is 1. The van der Waals surface area contributed by atoms with Crippen LogP contribution in [0.4, 0.5) is 0 Å². The van der Waals surface area contributed by atoms with Crippen LogP contribution in [0.1, 0.15) is 48.1 Å². The van der Waals surface area contributed by atoms with Gasteiger partial charge < -0.3 is 10.0 Å². The molecule has 3 aromatic carbocycles. The molecule has 1 aliphatic rings. The highest BCUT2D eigenvalue weighted by Crippen LogP contribution is 2.44. The van der Waals surface area contributed by atoms with Crippen LogP contribution < -0.4 is 0 Å². The van der Waals surface area contributed by atoms with Crippen molar-refractivity contribution in [2.75, 3.05) is 0 Å². The van der Waals surface area contributed by atoms with E-state index in [1.54, 1.807) is 4.90 Å². The molecule has 0 aromatic heterocycles. The van der Waals surface area contributed by atoms with Crippen molar-refractivity contribution in [3.63, 3.8) is 0 Å². The van der Waals surface area contributed by atoms with Gasteiger partial charge in [0.05, 0.1) is 6.04 Å². The molecule has 3 nitrogen and oxygen atoms in total. The molecule has 1 aliphatic heterocycles. The Morgan fingerprint density at radius 2 is 1.57 bits per heavy atom. The van der Waals surface area contributed by atoms with Gasteiger partial charge in [-0.15, -0.1) is 0 Å². The first-order chi connectivity index (χ1) is 14.5. The second-order valence-corrected chi connectivity index (χ2v) is 8.28. The Balaban J connectivity index is 1.81. The van der Waals surface area contributed by atoms with Crippen LogP contribution in [-0.2, 0) is 11.3 Å². The fourth-order valence-electron chi connectivity index (χ4n) is 3.95. The highest BCUT2D eigenvalue weighted by atomic mass is 35.5. The number of amides is 1. The number of aliphatic hydroxyl groups is 1. The summed E-state index contributed by atoms with van der Waals surface area (Å²) in [7, 11) is 0. The second-order valence-electron chi connectivity index (χ2n) is 7.88. The van der Waals surface area contributed by atoms with Crippen molar-refractivity contribution < 1.29 is 9.90 Å². The molecule has 1 heterocycles. The maximum Gasteiger partial charge on any atom is 0.290 e. The Bertz CT molecular complexity index is 1090. The van der Waals surface area contributed by atoms with E-state index in [0.29, 0.717) is 23.1 Å². The Kier molecular flexibility index (Phi) is 5.65. The predicted octanol–water partition coefficient (Wildman–Crippen LogP) is 6.52. The first kappa shape index (κ1) is 20.2. The zero-order chi connectivity index (χ0) is 21.3. The number of carbonyl (C=O) groups excluding carboxylic acids is 1. The third-order valence-electron chi connectivity index (χ3n) is 5.61. The predicted molar refractivity (Wildman–Crippen MR) is 121 cm³/mol. The lowest BCUT2D eigenvalue weighted by atomic mass is 9.91. The molecule has 0 fully saturated rings. The van der Waals surface area contributed by atoms with E-state index in [1.165, 1.54) is 5.56 Å². The number of nitrogens with zero attached hydrogens (tertiary/aromatic N) is 1. The monoisotopic (exact) mass is 417 g/mol. The number of hydrogen-bond donors (Lipinski definition) is 1. The van der Waals surface area contributed by atoms with Crippen molar-refractivity contribution >= 4 is 23.1 Å². The van der Waals surface area contributed by atoms with E-state index >= 15 is 0 Å². The topological polar surface area (TPSA) is 40.5 Å². The quantitative estimate of drug-likeness (QED) is 0.513. The van der Waals surface area contributed by atoms with E-state index in [4.69, 9.17) is 11.6 Å². The summed E-state index contributed by atoms with van der Waals surface area (Å²) in [6.07, 6.45) is 0. The summed E-state index contributed by atoms with van der Waals surface area (Å²) in [6.45, 7) is 4.62. The molecule has 4 rings (SSSR count). The molecule has 0 aliphatic carbocycles. The van der Waals surface area contributed by atoms with Crippen LogP contribution in [0.5, 0.6) is 0 Å². The van der Waals surface area contributed by atoms with Crippen LogP contribution in [0, 0.1) is 0 Å². The molecule has 3 aromatic rings. The fraction of sp³-hybridized carbons (Fsp3) is 0.192. The standard InChI is InChI=1S/C26H24ClNO2/c1-17(2)18-12-14-20(15-13-18)24-23(19-8-4-3-5-9-19)25(29)26(30)28(24)16-21-10-6-7-11-22(21)27/h3-15,17,24,29H,16H2,1-2H3. The summed E-state index contributed by atoms with van der Waals surface area (Å²) in [5.74, 6) is -0.168. The largest absolute Gasteiger partial charge is 0.503 e. The van der Waals surface area contributed by atoms with Gasteiger partial charge in [0.15, 0.2) is 5.76 Å². The molecular formula is C26H24ClNO2. The van der Waals surface area contributed by atoms with Crippen molar-refractivity contribution in [3.05, 3.63) is 112 Å². The highest BCUT2D eigenvalue weighted by Gasteiger charge is 2.41. The average Bonchev–Trinajstić information content (AvgIpc) is 3.01. The van der Waals surface area contributed by atoms with Crippen molar-refractivity contribution in [1.29, 1.82) is 0 Å². The van der Waals surface area contributed by atoms with Crippen LogP contribution in [0.15, 0.2) is 84.6 Å². The molecule has 0 saturated heterocycles. The van der Waals surface area contributed by atoms with Gasteiger partial charge in [0, 0.05) is 17.1 Å². The van der Waals surface area contributed by atoms with Crippen LogP contribution in [0.25, 0.3) is 5.57 Å². The van der Waals surface area contributed by atoms with Gasteiger partial charge in [-0.25, -0.2) is 0 Å². The van der Waals surface area contributed by atoms with E-state index in [0.717, 1.165) is 16.7 Å². The Morgan fingerprint density at radius 3 is 2.20 bits per heavy atom. The summed E-state index contributed by atoms with van der Waals surface area (Å²) in [5, 5.41) is 11.5. The van der Waals surface area contributed by atoms with Gasteiger partial charge in [0.2, 0.25) is 0 Å². The zero-order valence-electron chi connectivity index (χ0n) is 17.0. The van der Waals surface area contributed by atoms with Gasteiger partial charge in [-0.05, 0) is 34.2 Å². The van der Waals surface area contributed by atoms with E-state index in [2.05, 4.69) is 38.1 Å². The Hall–Kier alpha value is -3.04. The molecule has 0 saturated carbocycles. The highest BCUT2D eigenvalue weighted by molar-refractivity contribution is 6.31. The van der Waals surface area contributed by atoms with Crippen LogP contribution >= 0.6 is 11.6 Å². The maximum atomic E-state index is 13.1. The molecule has 0 spiro atoms. The normalized spacial score (nSPS) is 16.6. The lowest BCUT2D eigenvalue weighted by molar-refractivity contribution is -0.130. The Morgan fingerprint density at radius 1 is 0.933 bits per heavy atom. The van der Waals surface area contributed by atoms with Gasteiger partial charge in [-0.2, -0.15) is 0 Å². The lowest BCUT2D eigenvalue weighted by Crippen LogP contribution is -2.30. The molecule has 4 heteroatoms. The van der Waals surface area contributed by atoms with Gasteiger partial charge in [0.25, 0.3) is 5.91 Å². The molecule has 1 amide bonds. The molecule has 152 valence electrons. The molecular weight excluding hydrogens is 394 g/mol. The van der Waals surface area contributed by atoms with E-state index in [1.807, 2.05) is 54.6 Å². The summed E-state index contributed by atoms with van der Waals surface area (Å²) in [5.41, 5.74) is 4.50. The summed E-state index contributed by atoms with van der Waals surface area (Å²) in [4.78, 5) is 14.8. The molecule has 1 atom stereocenters. The maximum absolute atomic E-state index is 13.1. The van der Waals surface area contributed by atoms with E-state index < -0.39 is 6.04 Å². The van der Waals surface area contributed by atoms with Crippen molar-refractivity contribution in [2.24, 2.45) is 0 Å². The molecule has 1 unspecified atom stereocenters. The van der Waals surface area contributed by atoms with Crippen LogP contribution in [0.2, 0.25) is 5.02 Å². The third kappa shape index (κ3) is 3.73. The minimum absolute atomic E-state index is 0.203. The van der Waals surface area contributed by atoms with Gasteiger partial charge in [-0.1, -0.05) is 98.2 Å². The average molecular weight is 418 g/mol. The minimum atomic E-state index is -0.391. The number of hydrogen-bond acceptors (Lipinski definition) is 2. The second kappa shape index (κ2) is 8.37. The number of rotatable bonds is 5. The summed E-state index contributed by atoms with van der Waals surface area (Å²) >= 11 is 6.38. The zero-order valence-corrected chi connectivity index (χ0v) is 17.8. The SMILES string of the molecule is CC(C)c1ccc(C2C(c3ccccc3)=C(O)C(=O)N2Cc2ccccc2Cl)cc1. The Labute approximate surface area is 182 Å². The molecule has 0 radical (unpaired) electrons.